The highest BCUT2D eigenvalue weighted by molar-refractivity contribution is 7.72. The Hall–Kier alpha value is -0.680. The van der Waals surface area contributed by atoms with Crippen molar-refractivity contribution in [1.82, 2.24) is 0 Å². The second-order valence-corrected chi connectivity index (χ2v) is 9.87. The fourth-order valence-electron chi connectivity index (χ4n) is 2.10. The van der Waals surface area contributed by atoms with Gasteiger partial charge in [0.1, 0.15) is 5.75 Å². The molecule has 0 amide bonds. The topological polar surface area (TPSA) is 80.3 Å². The van der Waals surface area contributed by atoms with Gasteiger partial charge in [-0.1, -0.05) is 18.2 Å². The van der Waals surface area contributed by atoms with E-state index in [9.17, 15) is 9.13 Å². The Bertz CT molecular complexity index is 507. The zero-order valence-corrected chi connectivity index (χ0v) is 15.6. The van der Waals surface area contributed by atoms with Crippen molar-refractivity contribution in [2.45, 2.75) is 18.2 Å². The van der Waals surface area contributed by atoms with E-state index in [1.165, 1.54) is 28.4 Å². The van der Waals surface area contributed by atoms with Crippen LogP contribution in [0.1, 0.15) is 12.8 Å². The number of ether oxygens (including phenoxy) is 1. The Kier molecular flexibility index (Phi) is 8.48. The monoisotopic (exact) mass is 366 g/mol. The number of para-hydroxylation sites is 1. The second kappa shape index (κ2) is 9.58. The normalized spacial score (nSPS) is 12.6. The molecule has 0 spiro atoms. The van der Waals surface area contributed by atoms with E-state index >= 15 is 0 Å². The van der Waals surface area contributed by atoms with E-state index in [-0.39, 0.29) is 6.42 Å². The van der Waals surface area contributed by atoms with Crippen LogP contribution in [-0.4, -0.2) is 40.4 Å². The van der Waals surface area contributed by atoms with Crippen LogP contribution in [0.2, 0.25) is 0 Å². The quantitative estimate of drug-likeness (QED) is 0.430. The first kappa shape index (κ1) is 20.4. The van der Waals surface area contributed by atoms with E-state index < -0.39 is 20.6 Å². The second-order valence-electron chi connectivity index (χ2n) is 4.59. The molecule has 0 aromatic heterocycles. The maximum atomic E-state index is 12.7. The third kappa shape index (κ3) is 5.42. The van der Waals surface area contributed by atoms with Crippen LogP contribution in [0.15, 0.2) is 30.3 Å². The Morgan fingerprint density at radius 2 is 1.35 bits per heavy atom. The summed E-state index contributed by atoms with van der Waals surface area (Å²) in [6.07, 6.45) is 0.720. The van der Waals surface area contributed by atoms with E-state index in [1.54, 1.807) is 0 Å². The third-order valence-electron chi connectivity index (χ3n) is 3.37. The summed E-state index contributed by atoms with van der Waals surface area (Å²) in [5.74, 6) is 0.729. The fourth-order valence-corrected chi connectivity index (χ4v) is 6.88. The molecule has 0 aliphatic carbocycles. The standard InChI is InChI=1S/C14H24O7P2/c1-17-22(15,18-2)14(23(16,19-3)20-4)11-8-12-21-13-9-6-5-7-10-13/h5-7,9-10,14H,8,11-12H2,1-4H3. The first-order chi connectivity index (χ1) is 11.0. The van der Waals surface area contributed by atoms with Crippen molar-refractivity contribution in [2.75, 3.05) is 35.0 Å². The van der Waals surface area contributed by atoms with E-state index in [4.69, 9.17) is 22.8 Å². The molecule has 0 fully saturated rings. The molecule has 0 N–H and O–H groups in total. The van der Waals surface area contributed by atoms with Crippen molar-refractivity contribution in [3.8, 4) is 5.75 Å². The van der Waals surface area contributed by atoms with Crippen molar-refractivity contribution < 1.29 is 32.0 Å². The van der Waals surface area contributed by atoms with Crippen LogP contribution >= 0.6 is 15.2 Å². The summed E-state index contributed by atoms with van der Waals surface area (Å²) in [7, 11) is -2.28. The highest BCUT2D eigenvalue weighted by Crippen LogP contribution is 2.70. The van der Waals surface area contributed by atoms with E-state index in [0.29, 0.717) is 13.0 Å². The Morgan fingerprint density at radius 1 is 0.870 bits per heavy atom. The molecule has 132 valence electrons. The first-order valence-electron chi connectivity index (χ1n) is 7.06. The molecule has 0 saturated carbocycles. The summed E-state index contributed by atoms with van der Waals surface area (Å²) in [5, 5.41) is -1.01. The number of hydrogen-bond acceptors (Lipinski definition) is 7. The molecule has 0 heterocycles. The molecule has 0 atom stereocenters. The molecule has 1 rings (SSSR count). The largest absolute Gasteiger partial charge is 0.494 e. The Labute approximate surface area is 137 Å². The summed E-state index contributed by atoms with van der Waals surface area (Å²) in [6, 6.07) is 9.30. The predicted octanol–water partition coefficient (Wildman–Crippen LogP) is 4.14. The summed E-state index contributed by atoms with van der Waals surface area (Å²) < 4.78 is 50.8. The van der Waals surface area contributed by atoms with Crippen LogP contribution in [0.25, 0.3) is 0 Å². The highest BCUT2D eigenvalue weighted by Gasteiger charge is 2.48. The molecule has 7 nitrogen and oxygen atoms in total. The third-order valence-corrected chi connectivity index (χ3v) is 9.08. The van der Waals surface area contributed by atoms with Crippen molar-refractivity contribution in [1.29, 1.82) is 0 Å². The summed E-state index contributed by atoms with van der Waals surface area (Å²) >= 11 is 0. The van der Waals surface area contributed by atoms with Gasteiger partial charge in [-0.2, -0.15) is 0 Å². The first-order valence-corrected chi connectivity index (χ1v) is 10.3. The van der Waals surface area contributed by atoms with Crippen molar-refractivity contribution in [2.24, 2.45) is 0 Å². The minimum atomic E-state index is -3.63. The fraction of sp³-hybridized carbons (Fsp3) is 0.571. The number of benzene rings is 1. The molecule has 0 radical (unpaired) electrons. The molecule has 0 saturated heterocycles. The van der Waals surface area contributed by atoms with Crippen LogP contribution < -0.4 is 4.74 Å². The van der Waals surface area contributed by atoms with Crippen LogP contribution in [0, 0.1) is 0 Å². The van der Waals surface area contributed by atoms with Gasteiger partial charge in [0.05, 0.1) is 6.61 Å². The number of rotatable bonds is 11. The molecular weight excluding hydrogens is 342 g/mol. The van der Waals surface area contributed by atoms with Gasteiger partial charge in [0, 0.05) is 28.4 Å². The van der Waals surface area contributed by atoms with Gasteiger partial charge in [-0.25, -0.2) is 0 Å². The van der Waals surface area contributed by atoms with E-state index in [2.05, 4.69) is 0 Å². The van der Waals surface area contributed by atoms with Crippen molar-refractivity contribution >= 4 is 15.2 Å². The zero-order valence-electron chi connectivity index (χ0n) is 13.8. The van der Waals surface area contributed by atoms with Crippen LogP contribution in [0.3, 0.4) is 0 Å². The predicted molar refractivity (Wildman–Crippen MR) is 88.2 cm³/mol. The van der Waals surface area contributed by atoms with Gasteiger partial charge in [0.15, 0.2) is 5.40 Å². The van der Waals surface area contributed by atoms with Gasteiger partial charge >= 0.3 is 15.2 Å². The summed E-state index contributed by atoms with van der Waals surface area (Å²) in [6.45, 7) is 0.362. The molecule has 23 heavy (non-hydrogen) atoms. The van der Waals surface area contributed by atoms with Gasteiger partial charge in [-0.15, -0.1) is 0 Å². The highest BCUT2D eigenvalue weighted by atomic mass is 31.2. The zero-order chi connectivity index (χ0) is 17.3. The lowest BCUT2D eigenvalue weighted by molar-refractivity contribution is 0.240. The lowest BCUT2D eigenvalue weighted by Gasteiger charge is -2.28. The minimum absolute atomic E-state index is 0.241. The molecule has 1 aromatic carbocycles. The molecular formula is C14H24O7P2. The maximum Gasteiger partial charge on any atom is 0.345 e. The van der Waals surface area contributed by atoms with Gasteiger partial charge in [-0.3, -0.25) is 9.13 Å². The molecule has 0 aliphatic heterocycles. The van der Waals surface area contributed by atoms with Gasteiger partial charge in [-0.05, 0) is 25.0 Å². The Morgan fingerprint density at radius 3 is 1.78 bits per heavy atom. The average molecular weight is 366 g/mol. The lowest BCUT2D eigenvalue weighted by Crippen LogP contribution is -2.16. The molecule has 1 aromatic rings. The van der Waals surface area contributed by atoms with E-state index in [1.807, 2.05) is 30.3 Å². The number of hydrogen-bond donors (Lipinski definition) is 0. The van der Waals surface area contributed by atoms with Crippen molar-refractivity contribution in [3.63, 3.8) is 0 Å². The molecule has 9 heteroatoms. The van der Waals surface area contributed by atoms with Crippen LogP contribution in [0.5, 0.6) is 5.75 Å². The summed E-state index contributed by atoms with van der Waals surface area (Å²) in [4.78, 5) is 0. The molecule has 0 aliphatic rings. The van der Waals surface area contributed by atoms with E-state index in [0.717, 1.165) is 5.75 Å². The van der Waals surface area contributed by atoms with Crippen LogP contribution in [-0.2, 0) is 27.2 Å². The average Bonchev–Trinajstić information content (AvgIpc) is 2.61. The SMILES string of the molecule is COP(=O)(OC)C(CCCOc1ccccc1)P(=O)(OC)OC. The molecule has 0 bridgehead atoms. The molecule has 0 unspecified atom stereocenters. The van der Waals surface area contributed by atoms with Crippen molar-refractivity contribution in [3.05, 3.63) is 30.3 Å². The van der Waals surface area contributed by atoms with Crippen LogP contribution in [0.4, 0.5) is 0 Å². The minimum Gasteiger partial charge on any atom is -0.494 e. The Balaban J connectivity index is 2.74. The lowest BCUT2D eigenvalue weighted by atomic mass is 10.3. The van der Waals surface area contributed by atoms with Gasteiger partial charge in [0.25, 0.3) is 0 Å². The van der Waals surface area contributed by atoms with Gasteiger partial charge < -0.3 is 22.8 Å². The van der Waals surface area contributed by atoms with Gasteiger partial charge in [0.2, 0.25) is 0 Å². The smallest absolute Gasteiger partial charge is 0.345 e. The summed E-state index contributed by atoms with van der Waals surface area (Å²) in [5.41, 5.74) is 0. The maximum absolute atomic E-state index is 12.7.